The molecule has 3 heteroatoms. The monoisotopic (exact) mass is 135 g/mol. The van der Waals surface area contributed by atoms with Gasteiger partial charge in [-0.3, -0.25) is 4.84 Å². The molecule has 0 amide bonds. The van der Waals surface area contributed by atoms with Crippen LogP contribution in [0.4, 0.5) is 0 Å². The van der Waals surface area contributed by atoms with Crippen LogP contribution in [0.2, 0.25) is 0 Å². The highest BCUT2D eigenvalue weighted by Gasteiger charge is 1.94. The summed E-state index contributed by atoms with van der Waals surface area (Å²) in [5, 5.41) is 0. The van der Waals surface area contributed by atoms with Crippen LogP contribution in [0.5, 0.6) is 0 Å². The number of nitrogens with two attached hydrogens (primary N) is 1. The predicted molar refractivity (Wildman–Crippen MR) is 35.4 cm³/mol. The maximum Gasteiger partial charge on any atom is 0.138 e. The van der Waals surface area contributed by atoms with Crippen molar-refractivity contribution >= 4 is 12.4 Å². The Labute approximate surface area is 55.8 Å². The Balaban J connectivity index is 0. The third kappa shape index (κ3) is 3.94. The molecule has 2 N–H and O–H groups in total. The number of hydrogen-bond acceptors (Lipinski definition) is 2. The minimum absolute atomic E-state index is 0. The van der Waals surface area contributed by atoms with Crippen molar-refractivity contribution in [2.24, 2.45) is 5.90 Å². The van der Waals surface area contributed by atoms with Gasteiger partial charge < -0.3 is 0 Å². The molecule has 0 radical (unpaired) electrons. The molecule has 8 heavy (non-hydrogen) atoms. The lowest BCUT2D eigenvalue weighted by molar-refractivity contribution is 0.0907. The molecular formula is C5H10ClNO. The minimum atomic E-state index is -0.208. The zero-order chi connectivity index (χ0) is 5.70. The van der Waals surface area contributed by atoms with Crippen molar-refractivity contribution in [3.05, 3.63) is 0 Å². The van der Waals surface area contributed by atoms with Crippen molar-refractivity contribution in [3.8, 4) is 12.3 Å². The van der Waals surface area contributed by atoms with E-state index in [0.717, 1.165) is 6.42 Å². The fraction of sp³-hybridized carbons (Fsp3) is 0.600. The Morgan fingerprint density at radius 2 is 2.38 bits per heavy atom. The first-order valence-corrected chi connectivity index (χ1v) is 2.16. The molecule has 0 aromatic heterocycles. The summed E-state index contributed by atoms with van der Waals surface area (Å²) in [6.07, 6.45) is 5.50. The van der Waals surface area contributed by atoms with E-state index in [1.54, 1.807) is 0 Å². The van der Waals surface area contributed by atoms with Crippen LogP contribution in [0.25, 0.3) is 0 Å². The van der Waals surface area contributed by atoms with Gasteiger partial charge in [-0.2, -0.15) is 0 Å². The average Bonchev–Trinajstić information content (AvgIpc) is 1.72. The highest BCUT2D eigenvalue weighted by molar-refractivity contribution is 5.85. The first-order valence-electron chi connectivity index (χ1n) is 2.16. The van der Waals surface area contributed by atoms with Gasteiger partial charge in [0.15, 0.2) is 0 Å². The quantitative estimate of drug-likeness (QED) is 0.447. The van der Waals surface area contributed by atoms with Crippen molar-refractivity contribution in [3.63, 3.8) is 0 Å². The molecule has 0 aliphatic carbocycles. The van der Waals surface area contributed by atoms with Gasteiger partial charge >= 0.3 is 0 Å². The van der Waals surface area contributed by atoms with Crippen LogP contribution in [0.15, 0.2) is 0 Å². The zero-order valence-electron chi connectivity index (χ0n) is 4.76. The van der Waals surface area contributed by atoms with Crippen LogP contribution >= 0.6 is 12.4 Å². The van der Waals surface area contributed by atoms with E-state index in [1.165, 1.54) is 0 Å². The number of halogens is 1. The van der Waals surface area contributed by atoms with E-state index in [0.29, 0.717) is 0 Å². The van der Waals surface area contributed by atoms with Gasteiger partial charge in [0.1, 0.15) is 6.10 Å². The van der Waals surface area contributed by atoms with Crippen molar-refractivity contribution in [2.75, 3.05) is 0 Å². The molecule has 48 valence electrons. The summed E-state index contributed by atoms with van der Waals surface area (Å²) in [5.74, 6) is 7.11. The van der Waals surface area contributed by atoms with Gasteiger partial charge in [0.05, 0.1) is 0 Å². The van der Waals surface area contributed by atoms with E-state index in [-0.39, 0.29) is 18.5 Å². The summed E-state index contributed by atoms with van der Waals surface area (Å²) in [7, 11) is 0. The Kier molecular flexibility index (Phi) is 9.05. The van der Waals surface area contributed by atoms with Gasteiger partial charge in [-0.1, -0.05) is 12.8 Å². The van der Waals surface area contributed by atoms with Crippen molar-refractivity contribution in [1.29, 1.82) is 0 Å². The topological polar surface area (TPSA) is 35.2 Å². The largest absolute Gasteiger partial charge is 0.288 e. The summed E-state index contributed by atoms with van der Waals surface area (Å²) in [6, 6.07) is 0. The van der Waals surface area contributed by atoms with Crippen LogP contribution in [0.3, 0.4) is 0 Å². The lowest BCUT2D eigenvalue weighted by Crippen LogP contribution is -2.12. The second-order valence-corrected chi connectivity index (χ2v) is 1.20. The summed E-state index contributed by atoms with van der Waals surface area (Å²) in [6.45, 7) is 1.91. The lowest BCUT2D eigenvalue weighted by atomic mass is 10.3. The average molecular weight is 136 g/mol. The zero-order valence-corrected chi connectivity index (χ0v) is 5.57. The van der Waals surface area contributed by atoms with Crippen LogP contribution in [0, 0.1) is 12.3 Å². The van der Waals surface area contributed by atoms with E-state index >= 15 is 0 Å². The third-order valence-corrected chi connectivity index (χ3v) is 0.721. The van der Waals surface area contributed by atoms with Gasteiger partial charge in [-0.15, -0.1) is 18.8 Å². The molecule has 2 nitrogen and oxygen atoms in total. The van der Waals surface area contributed by atoms with Crippen LogP contribution < -0.4 is 5.90 Å². The molecule has 0 aromatic carbocycles. The molecule has 1 atom stereocenters. The van der Waals surface area contributed by atoms with Crippen LogP contribution in [-0.2, 0) is 4.84 Å². The summed E-state index contributed by atoms with van der Waals surface area (Å²) >= 11 is 0. The Morgan fingerprint density at radius 1 is 1.88 bits per heavy atom. The molecule has 0 fully saturated rings. The molecule has 0 spiro atoms. The fourth-order valence-corrected chi connectivity index (χ4v) is 0.253. The normalized spacial score (nSPS) is 11.1. The summed E-state index contributed by atoms with van der Waals surface area (Å²) in [5.41, 5.74) is 0. The minimum Gasteiger partial charge on any atom is -0.288 e. The van der Waals surface area contributed by atoms with E-state index in [4.69, 9.17) is 12.3 Å². The predicted octanol–water partition coefficient (Wildman–Crippen LogP) is 0.710. The van der Waals surface area contributed by atoms with Crippen molar-refractivity contribution < 1.29 is 4.84 Å². The van der Waals surface area contributed by atoms with E-state index in [2.05, 4.69) is 10.8 Å². The molecule has 0 bridgehead atoms. The van der Waals surface area contributed by atoms with Gasteiger partial charge in [0, 0.05) is 0 Å². The SMILES string of the molecule is C#CC(CC)ON.Cl. The molecule has 0 heterocycles. The Morgan fingerprint density at radius 3 is 2.38 bits per heavy atom. The van der Waals surface area contributed by atoms with Crippen molar-refractivity contribution in [2.45, 2.75) is 19.4 Å². The standard InChI is InChI=1S/C5H9NO.ClH/c1-3-5(4-2)7-6;/h1,5H,4,6H2,2H3;1H. The first-order chi connectivity index (χ1) is 3.35. The second kappa shape index (κ2) is 6.77. The lowest BCUT2D eigenvalue weighted by Gasteiger charge is -1.99. The number of terminal acetylenes is 1. The van der Waals surface area contributed by atoms with E-state index < -0.39 is 0 Å². The second-order valence-electron chi connectivity index (χ2n) is 1.20. The number of hydrogen-bond donors (Lipinski definition) is 1. The fourth-order valence-electron chi connectivity index (χ4n) is 0.253. The van der Waals surface area contributed by atoms with Crippen LogP contribution in [-0.4, -0.2) is 6.10 Å². The maximum absolute atomic E-state index is 4.94. The smallest absolute Gasteiger partial charge is 0.138 e. The Hall–Kier alpha value is -0.230. The van der Waals surface area contributed by atoms with E-state index in [1.807, 2.05) is 6.92 Å². The van der Waals surface area contributed by atoms with E-state index in [9.17, 15) is 0 Å². The first kappa shape index (κ1) is 10.7. The highest BCUT2D eigenvalue weighted by atomic mass is 35.5. The maximum atomic E-state index is 4.94. The van der Waals surface area contributed by atoms with Gasteiger partial charge in [0.2, 0.25) is 0 Å². The highest BCUT2D eigenvalue weighted by Crippen LogP contribution is 1.88. The molecule has 0 saturated heterocycles. The van der Waals surface area contributed by atoms with Gasteiger partial charge in [-0.25, -0.2) is 5.90 Å². The molecule has 1 unspecified atom stereocenters. The number of rotatable bonds is 2. The molecule has 0 aliphatic rings. The summed E-state index contributed by atoms with van der Waals surface area (Å²) < 4.78 is 0. The summed E-state index contributed by atoms with van der Waals surface area (Å²) in [4.78, 5) is 4.31. The van der Waals surface area contributed by atoms with Gasteiger partial charge in [-0.05, 0) is 6.42 Å². The molecule has 0 saturated carbocycles. The Bertz CT molecular complexity index is 75.0. The molecular weight excluding hydrogens is 126 g/mol. The third-order valence-electron chi connectivity index (χ3n) is 0.721. The molecule has 0 aliphatic heterocycles. The van der Waals surface area contributed by atoms with Crippen LogP contribution in [0.1, 0.15) is 13.3 Å². The molecule has 0 rings (SSSR count). The molecule has 0 aromatic rings. The van der Waals surface area contributed by atoms with Gasteiger partial charge in [0.25, 0.3) is 0 Å². The van der Waals surface area contributed by atoms with Crippen molar-refractivity contribution in [1.82, 2.24) is 0 Å².